The third-order valence-corrected chi connectivity index (χ3v) is 3.93. The topological polar surface area (TPSA) is 48.2 Å². The summed E-state index contributed by atoms with van der Waals surface area (Å²) in [5, 5.41) is 0.216. The summed E-state index contributed by atoms with van der Waals surface area (Å²) in [4.78, 5) is 8.70. The molecule has 1 aromatic carbocycles. The van der Waals surface area contributed by atoms with E-state index < -0.39 is 0 Å². The van der Waals surface area contributed by atoms with Crippen LogP contribution < -0.4 is 0 Å². The van der Waals surface area contributed by atoms with Gasteiger partial charge in [-0.15, -0.1) is 0 Å². The molecule has 0 N–H and O–H groups in total. The van der Waals surface area contributed by atoms with E-state index in [-0.39, 0.29) is 11.4 Å². The van der Waals surface area contributed by atoms with Gasteiger partial charge in [0.1, 0.15) is 11.8 Å². The van der Waals surface area contributed by atoms with E-state index in [2.05, 4.69) is 22.1 Å². The molecule has 1 aliphatic heterocycles. The highest BCUT2D eigenvalue weighted by Gasteiger charge is 2.30. The lowest BCUT2D eigenvalue weighted by Gasteiger charge is -2.10. The van der Waals surface area contributed by atoms with Crippen LogP contribution in [0.2, 0.25) is 5.28 Å². The Kier molecular flexibility index (Phi) is 3.41. The lowest BCUT2D eigenvalue weighted by Crippen LogP contribution is -2.04. The number of furan rings is 1. The van der Waals surface area contributed by atoms with Gasteiger partial charge in [-0.05, 0) is 29.3 Å². The summed E-state index contributed by atoms with van der Waals surface area (Å²) >= 11 is 6.09. The van der Waals surface area contributed by atoms with Crippen LogP contribution in [0, 0.1) is 0 Å². The van der Waals surface area contributed by atoms with Crippen molar-refractivity contribution in [1.29, 1.82) is 0 Å². The van der Waals surface area contributed by atoms with Gasteiger partial charge in [-0.2, -0.15) is 0 Å². The van der Waals surface area contributed by atoms with E-state index in [0.29, 0.717) is 12.4 Å². The molecule has 1 aliphatic rings. The Balaban J connectivity index is 1.73. The van der Waals surface area contributed by atoms with Crippen molar-refractivity contribution in [3.63, 3.8) is 0 Å². The highest BCUT2D eigenvalue weighted by atomic mass is 35.5. The molecule has 2 aromatic heterocycles. The summed E-state index contributed by atoms with van der Waals surface area (Å²) in [5.41, 5.74) is 3.74. The average Bonchev–Trinajstić information content (AvgIpc) is 3.18. The summed E-state index contributed by atoms with van der Waals surface area (Å²) in [6, 6.07) is 13.9. The van der Waals surface area contributed by atoms with E-state index in [9.17, 15) is 0 Å². The zero-order valence-corrected chi connectivity index (χ0v) is 12.5. The first-order valence-electron chi connectivity index (χ1n) is 7.07. The van der Waals surface area contributed by atoms with Crippen LogP contribution in [0.1, 0.15) is 22.9 Å². The molecule has 0 bridgehead atoms. The van der Waals surface area contributed by atoms with Crippen LogP contribution >= 0.6 is 11.6 Å². The van der Waals surface area contributed by atoms with Gasteiger partial charge in [0.05, 0.1) is 18.6 Å². The third-order valence-electron chi connectivity index (χ3n) is 3.76. The van der Waals surface area contributed by atoms with Crippen molar-refractivity contribution >= 4 is 11.6 Å². The Morgan fingerprint density at radius 2 is 1.95 bits per heavy atom. The highest BCUT2D eigenvalue weighted by molar-refractivity contribution is 6.28. The first-order valence-corrected chi connectivity index (χ1v) is 7.45. The van der Waals surface area contributed by atoms with Crippen LogP contribution in [-0.2, 0) is 17.8 Å². The molecule has 3 aromatic rings. The summed E-state index contributed by atoms with van der Waals surface area (Å²) in [6.07, 6.45) is 2.28. The van der Waals surface area contributed by atoms with E-state index in [1.807, 2.05) is 30.3 Å². The molecule has 0 saturated heterocycles. The van der Waals surface area contributed by atoms with E-state index in [1.165, 1.54) is 5.56 Å². The predicted octanol–water partition coefficient (Wildman–Crippen LogP) is 4.20. The summed E-state index contributed by atoms with van der Waals surface area (Å²) in [6.45, 7) is 0.472. The van der Waals surface area contributed by atoms with Gasteiger partial charge in [0, 0.05) is 12.0 Å². The second-order valence-electron chi connectivity index (χ2n) is 5.17. The zero-order valence-electron chi connectivity index (χ0n) is 11.7. The number of nitrogens with zero attached hydrogens (tertiary/aromatic N) is 2. The number of fused-ring (bicyclic) bond motifs is 1. The standard InChI is InChI=1S/C17H13ClN2O2/c18-17-19-15(13-7-4-8-21-13)12-10-22-14(16(12)20-17)9-11-5-2-1-3-6-11/h1-8,14H,9-10H2/t14-/m1/s1. The zero-order chi connectivity index (χ0) is 14.9. The Bertz CT molecular complexity index is 788. The largest absolute Gasteiger partial charge is 0.463 e. The van der Waals surface area contributed by atoms with Gasteiger partial charge in [-0.1, -0.05) is 30.3 Å². The van der Waals surface area contributed by atoms with Crippen molar-refractivity contribution in [3.05, 3.63) is 70.8 Å². The van der Waals surface area contributed by atoms with Gasteiger partial charge in [0.15, 0.2) is 5.76 Å². The van der Waals surface area contributed by atoms with Crippen molar-refractivity contribution < 1.29 is 9.15 Å². The van der Waals surface area contributed by atoms with Crippen molar-refractivity contribution in [2.75, 3.05) is 0 Å². The van der Waals surface area contributed by atoms with Gasteiger partial charge in [0.25, 0.3) is 0 Å². The van der Waals surface area contributed by atoms with E-state index in [0.717, 1.165) is 23.4 Å². The first kappa shape index (κ1) is 13.5. The molecule has 0 spiro atoms. The fraction of sp³-hybridized carbons (Fsp3) is 0.176. The Morgan fingerprint density at radius 1 is 1.09 bits per heavy atom. The van der Waals surface area contributed by atoms with Crippen LogP contribution in [-0.4, -0.2) is 9.97 Å². The minimum atomic E-state index is -0.105. The number of ether oxygens (including phenoxy) is 1. The van der Waals surface area contributed by atoms with Crippen LogP contribution in [0.5, 0.6) is 0 Å². The molecule has 0 saturated carbocycles. The second kappa shape index (κ2) is 5.55. The molecule has 1 atom stereocenters. The third kappa shape index (κ3) is 2.40. The number of hydrogen-bond donors (Lipinski definition) is 0. The van der Waals surface area contributed by atoms with Crippen molar-refractivity contribution in [1.82, 2.24) is 9.97 Å². The monoisotopic (exact) mass is 312 g/mol. The van der Waals surface area contributed by atoms with Crippen LogP contribution in [0.25, 0.3) is 11.5 Å². The SMILES string of the molecule is Clc1nc(-c2ccco2)c2c(n1)[C@@H](Cc1ccccc1)OC2. The van der Waals surface area contributed by atoms with Gasteiger partial charge in [-0.3, -0.25) is 0 Å². The molecule has 4 rings (SSSR count). The number of hydrogen-bond acceptors (Lipinski definition) is 4. The van der Waals surface area contributed by atoms with E-state index >= 15 is 0 Å². The summed E-state index contributed by atoms with van der Waals surface area (Å²) in [7, 11) is 0. The quantitative estimate of drug-likeness (QED) is 0.680. The molecule has 0 fully saturated rings. The first-order chi connectivity index (χ1) is 10.8. The normalized spacial score (nSPS) is 16.7. The molecule has 22 heavy (non-hydrogen) atoms. The van der Waals surface area contributed by atoms with Gasteiger partial charge >= 0.3 is 0 Å². The van der Waals surface area contributed by atoms with E-state index in [1.54, 1.807) is 6.26 Å². The molecule has 0 amide bonds. The molecule has 4 nitrogen and oxygen atoms in total. The Hall–Kier alpha value is -2.17. The van der Waals surface area contributed by atoms with Gasteiger partial charge in [-0.25, -0.2) is 9.97 Å². The fourth-order valence-corrected chi connectivity index (χ4v) is 2.92. The Labute approximate surface area is 132 Å². The number of halogens is 1. The lowest BCUT2D eigenvalue weighted by molar-refractivity contribution is 0.0648. The second-order valence-corrected chi connectivity index (χ2v) is 5.51. The smallest absolute Gasteiger partial charge is 0.223 e. The van der Waals surface area contributed by atoms with Crippen molar-refractivity contribution in [2.24, 2.45) is 0 Å². The predicted molar refractivity (Wildman–Crippen MR) is 82.4 cm³/mol. The summed E-state index contributed by atoms with van der Waals surface area (Å²) < 4.78 is 11.4. The number of aromatic nitrogens is 2. The minimum absolute atomic E-state index is 0.105. The highest BCUT2D eigenvalue weighted by Crippen LogP contribution is 2.37. The molecular weight excluding hydrogens is 300 g/mol. The summed E-state index contributed by atoms with van der Waals surface area (Å²) in [5.74, 6) is 0.685. The maximum absolute atomic E-state index is 6.09. The fourth-order valence-electron chi connectivity index (χ4n) is 2.75. The van der Waals surface area contributed by atoms with Crippen LogP contribution in [0.4, 0.5) is 0 Å². The maximum atomic E-state index is 6.09. The van der Waals surface area contributed by atoms with Crippen LogP contribution in [0.15, 0.2) is 53.1 Å². The molecular formula is C17H13ClN2O2. The molecule has 0 aliphatic carbocycles. The molecule has 110 valence electrons. The maximum Gasteiger partial charge on any atom is 0.223 e. The average molecular weight is 313 g/mol. The van der Waals surface area contributed by atoms with Crippen LogP contribution in [0.3, 0.4) is 0 Å². The van der Waals surface area contributed by atoms with Gasteiger partial charge < -0.3 is 9.15 Å². The molecule has 0 unspecified atom stereocenters. The molecule has 0 radical (unpaired) electrons. The molecule has 3 heterocycles. The van der Waals surface area contributed by atoms with Crippen molar-refractivity contribution in [2.45, 2.75) is 19.1 Å². The minimum Gasteiger partial charge on any atom is -0.463 e. The van der Waals surface area contributed by atoms with E-state index in [4.69, 9.17) is 20.8 Å². The van der Waals surface area contributed by atoms with Crippen molar-refractivity contribution in [3.8, 4) is 11.5 Å². The molecule has 5 heteroatoms. The lowest BCUT2D eigenvalue weighted by atomic mass is 10.0. The Morgan fingerprint density at radius 3 is 2.73 bits per heavy atom. The van der Waals surface area contributed by atoms with Gasteiger partial charge in [0.2, 0.25) is 5.28 Å². The number of rotatable bonds is 3. The number of benzene rings is 1.